The molecule has 2 heterocycles. The van der Waals surface area contributed by atoms with Crippen LogP contribution < -0.4 is 10.6 Å². The van der Waals surface area contributed by atoms with Gasteiger partial charge in [-0.3, -0.25) is 9.59 Å². The van der Waals surface area contributed by atoms with Gasteiger partial charge in [-0.25, -0.2) is 14.0 Å². The molecule has 47 heavy (non-hydrogen) atoms. The fourth-order valence-corrected chi connectivity index (χ4v) is 7.95. The SMILES string of the molecule is CCOC(=O)c1cc2cc(NC(=O)[C@@H]3[C@H](C4CCCCC4)CCN3C(=O)C3CCC([C@H](CF)NC(=O)OC(C)(C)C)CC3)ccc2[nH]1. The average Bonchev–Trinajstić information content (AvgIpc) is 3.68. The fraction of sp³-hybridized carbons (Fsp3) is 0.667. The van der Waals surface area contributed by atoms with Crippen molar-refractivity contribution in [3.63, 3.8) is 0 Å². The van der Waals surface area contributed by atoms with Gasteiger partial charge in [0, 0.05) is 29.1 Å². The van der Waals surface area contributed by atoms with Crippen molar-refractivity contribution in [2.75, 3.05) is 25.1 Å². The van der Waals surface area contributed by atoms with Crippen LogP contribution in [0.3, 0.4) is 0 Å². The van der Waals surface area contributed by atoms with Gasteiger partial charge in [0.15, 0.2) is 0 Å². The maximum atomic E-state index is 14.1. The Morgan fingerprint density at radius 3 is 2.38 bits per heavy atom. The minimum atomic E-state index is -0.696. The third-order valence-corrected chi connectivity index (χ3v) is 10.2. The number of H-pyrrole nitrogens is 1. The number of aromatic nitrogens is 1. The Kier molecular flexibility index (Phi) is 11.1. The van der Waals surface area contributed by atoms with Crippen molar-refractivity contribution in [2.24, 2.45) is 23.7 Å². The zero-order chi connectivity index (χ0) is 33.7. The normalized spacial score (nSPS) is 24.5. The maximum Gasteiger partial charge on any atom is 0.407 e. The molecule has 3 amide bonds. The number of hydrogen-bond donors (Lipinski definition) is 3. The first-order valence-corrected chi connectivity index (χ1v) is 17.4. The highest BCUT2D eigenvalue weighted by atomic mass is 19.1. The van der Waals surface area contributed by atoms with E-state index < -0.39 is 36.4 Å². The Morgan fingerprint density at radius 2 is 1.72 bits per heavy atom. The van der Waals surface area contributed by atoms with Gasteiger partial charge in [-0.05, 0) is 102 Å². The highest BCUT2D eigenvalue weighted by molar-refractivity contribution is 6.01. The Hall–Kier alpha value is -3.63. The summed E-state index contributed by atoms with van der Waals surface area (Å²) in [5.74, 6) is -0.452. The van der Waals surface area contributed by atoms with Gasteiger partial charge in [0.05, 0.1) is 12.6 Å². The van der Waals surface area contributed by atoms with Crippen LogP contribution in [0.2, 0.25) is 0 Å². The summed E-state index contributed by atoms with van der Waals surface area (Å²) in [6.45, 7) is 7.18. The lowest BCUT2D eigenvalue weighted by atomic mass is 9.76. The molecule has 0 radical (unpaired) electrons. The third-order valence-electron chi connectivity index (χ3n) is 10.2. The number of amides is 3. The summed E-state index contributed by atoms with van der Waals surface area (Å²) in [7, 11) is 0. The van der Waals surface area contributed by atoms with Gasteiger partial charge < -0.3 is 30.0 Å². The summed E-state index contributed by atoms with van der Waals surface area (Å²) in [6, 6.07) is 5.95. The number of likely N-dealkylation sites (tertiary alicyclic amines) is 1. The first kappa shape index (κ1) is 34.7. The van der Waals surface area contributed by atoms with Crippen molar-refractivity contribution in [1.29, 1.82) is 0 Å². The topological polar surface area (TPSA) is 130 Å². The molecular weight excluding hydrogens is 603 g/mol. The number of aromatic amines is 1. The molecule has 3 atom stereocenters. The molecule has 2 aromatic rings. The number of anilines is 1. The summed E-state index contributed by atoms with van der Waals surface area (Å²) >= 11 is 0. The Balaban J connectivity index is 1.27. The second-order valence-electron chi connectivity index (χ2n) is 14.5. The first-order valence-electron chi connectivity index (χ1n) is 17.4. The zero-order valence-electron chi connectivity index (χ0n) is 28.2. The monoisotopic (exact) mass is 654 g/mol. The molecule has 1 aromatic heterocycles. The molecule has 3 aliphatic rings. The number of esters is 1. The van der Waals surface area contributed by atoms with Crippen molar-refractivity contribution in [3.05, 3.63) is 30.0 Å². The van der Waals surface area contributed by atoms with Gasteiger partial charge in [0.2, 0.25) is 11.8 Å². The van der Waals surface area contributed by atoms with E-state index in [1.165, 1.54) is 6.42 Å². The molecule has 1 saturated heterocycles. The number of carbonyl (C=O) groups excluding carboxylic acids is 4. The number of rotatable bonds is 9. The van der Waals surface area contributed by atoms with Gasteiger partial charge in [0.25, 0.3) is 0 Å². The minimum Gasteiger partial charge on any atom is -0.461 e. The van der Waals surface area contributed by atoms with Crippen molar-refractivity contribution >= 4 is 40.5 Å². The van der Waals surface area contributed by atoms with E-state index in [1.807, 2.05) is 17.0 Å². The highest BCUT2D eigenvalue weighted by Crippen LogP contribution is 2.41. The van der Waals surface area contributed by atoms with Gasteiger partial charge in [-0.2, -0.15) is 0 Å². The molecule has 2 aliphatic carbocycles. The van der Waals surface area contributed by atoms with Crippen LogP contribution in [0.1, 0.15) is 102 Å². The lowest BCUT2D eigenvalue weighted by Gasteiger charge is -2.37. The van der Waals surface area contributed by atoms with Crippen LogP contribution in [0.25, 0.3) is 10.9 Å². The Labute approximate surface area is 276 Å². The largest absolute Gasteiger partial charge is 0.461 e. The quantitative estimate of drug-likeness (QED) is 0.257. The Bertz CT molecular complexity index is 1420. The molecule has 1 aliphatic heterocycles. The molecular formula is C36H51FN4O6. The number of alkyl halides is 1. The van der Waals surface area contributed by atoms with Crippen molar-refractivity contribution in [2.45, 2.75) is 110 Å². The molecule has 258 valence electrons. The number of hydrogen-bond acceptors (Lipinski definition) is 6. The number of fused-ring (bicyclic) bond motifs is 1. The van der Waals surface area contributed by atoms with Crippen molar-refractivity contribution < 1.29 is 33.0 Å². The summed E-state index contributed by atoms with van der Waals surface area (Å²) in [5.41, 5.74) is 1.04. The predicted octanol–water partition coefficient (Wildman–Crippen LogP) is 6.75. The fourth-order valence-electron chi connectivity index (χ4n) is 7.95. The van der Waals surface area contributed by atoms with Gasteiger partial charge in [-0.15, -0.1) is 0 Å². The molecule has 3 N–H and O–H groups in total. The zero-order valence-corrected chi connectivity index (χ0v) is 28.2. The lowest BCUT2D eigenvalue weighted by Crippen LogP contribution is -2.50. The van der Waals surface area contributed by atoms with E-state index in [0.29, 0.717) is 49.5 Å². The standard InChI is InChI=1S/C36H51FN4O6/c1-5-46-34(44)29-20-25-19-26(15-16-28(25)39-29)38-32(42)31-27(22-9-7-6-8-10-22)17-18-41(31)33(43)24-13-11-23(12-14-24)30(21-37)40-35(45)47-36(2,3)4/h15-16,19-20,22-24,27,30-31,39H,5-14,17-18,21H2,1-4H3,(H,38,42)(H,40,45)/t23?,24?,27-,30-,31-/m0/s1. The minimum absolute atomic E-state index is 0.000950. The number of nitrogens with zero attached hydrogens (tertiary/aromatic N) is 1. The van der Waals surface area contributed by atoms with Gasteiger partial charge >= 0.3 is 12.1 Å². The van der Waals surface area contributed by atoms with Crippen LogP contribution in [-0.2, 0) is 19.1 Å². The second kappa shape index (κ2) is 15.1. The maximum absolute atomic E-state index is 14.1. The molecule has 3 fully saturated rings. The molecule has 10 nitrogen and oxygen atoms in total. The van der Waals surface area contributed by atoms with Crippen LogP contribution in [0.15, 0.2) is 24.3 Å². The molecule has 0 spiro atoms. The number of halogens is 1. The van der Waals surface area contributed by atoms with E-state index in [9.17, 15) is 23.6 Å². The van der Waals surface area contributed by atoms with Crippen LogP contribution >= 0.6 is 0 Å². The summed E-state index contributed by atoms with van der Waals surface area (Å²) in [4.78, 5) is 57.6. The predicted molar refractivity (Wildman–Crippen MR) is 178 cm³/mol. The third kappa shape index (κ3) is 8.46. The smallest absolute Gasteiger partial charge is 0.407 e. The van der Waals surface area contributed by atoms with Crippen LogP contribution in [0, 0.1) is 23.7 Å². The Morgan fingerprint density at radius 1 is 1.00 bits per heavy atom. The van der Waals surface area contributed by atoms with Gasteiger partial charge in [-0.1, -0.05) is 32.1 Å². The van der Waals surface area contributed by atoms with Crippen LogP contribution in [0.5, 0.6) is 0 Å². The van der Waals surface area contributed by atoms with E-state index in [0.717, 1.165) is 43.0 Å². The lowest BCUT2D eigenvalue weighted by molar-refractivity contribution is -0.142. The number of carbonyl (C=O) groups is 4. The van der Waals surface area contributed by atoms with Crippen molar-refractivity contribution in [1.82, 2.24) is 15.2 Å². The van der Waals surface area contributed by atoms with Gasteiger partial charge in [0.1, 0.15) is 24.0 Å². The van der Waals surface area contributed by atoms with E-state index >= 15 is 0 Å². The van der Waals surface area contributed by atoms with E-state index in [4.69, 9.17) is 9.47 Å². The number of nitrogens with one attached hydrogen (secondary N) is 3. The molecule has 5 rings (SSSR count). The first-order chi connectivity index (χ1) is 22.5. The van der Waals surface area contributed by atoms with Crippen LogP contribution in [-0.4, -0.2) is 71.3 Å². The highest BCUT2D eigenvalue weighted by Gasteiger charge is 2.47. The summed E-state index contributed by atoms with van der Waals surface area (Å²) in [5, 5.41) is 6.57. The summed E-state index contributed by atoms with van der Waals surface area (Å²) < 4.78 is 24.5. The molecule has 0 unspecified atom stereocenters. The van der Waals surface area contributed by atoms with Crippen molar-refractivity contribution in [3.8, 4) is 0 Å². The summed E-state index contributed by atoms with van der Waals surface area (Å²) in [6.07, 6.45) is 8.21. The number of benzene rings is 1. The molecule has 1 aromatic carbocycles. The average molecular weight is 655 g/mol. The van der Waals surface area contributed by atoms with E-state index in [-0.39, 0.29) is 36.2 Å². The number of alkyl carbamates (subject to hydrolysis) is 1. The van der Waals surface area contributed by atoms with Crippen LogP contribution in [0.4, 0.5) is 14.9 Å². The molecule has 11 heteroatoms. The molecule has 2 saturated carbocycles. The molecule has 0 bridgehead atoms. The van der Waals surface area contributed by atoms with E-state index in [2.05, 4.69) is 15.6 Å². The number of ether oxygens (including phenoxy) is 2. The van der Waals surface area contributed by atoms with E-state index in [1.54, 1.807) is 39.8 Å². The second-order valence-corrected chi connectivity index (χ2v) is 14.5.